The van der Waals surface area contributed by atoms with E-state index in [0.29, 0.717) is 23.2 Å². The van der Waals surface area contributed by atoms with E-state index in [0.717, 1.165) is 28.1 Å². The number of benzene rings is 2. The maximum absolute atomic E-state index is 11.8. The summed E-state index contributed by atoms with van der Waals surface area (Å²) in [5.74, 6) is 0.975. The quantitative estimate of drug-likeness (QED) is 0.707. The van der Waals surface area contributed by atoms with Gasteiger partial charge in [0, 0.05) is 22.9 Å². The molecule has 2 aliphatic heterocycles. The zero-order chi connectivity index (χ0) is 20.5. The third kappa shape index (κ3) is 3.40. The van der Waals surface area contributed by atoms with Crippen LogP contribution in [0.3, 0.4) is 0 Å². The van der Waals surface area contributed by atoms with Crippen molar-refractivity contribution in [1.82, 2.24) is 15.4 Å². The Morgan fingerprint density at radius 3 is 2.70 bits per heavy atom. The first-order chi connectivity index (χ1) is 14.7. The molecule has 2 aromatic carbocycles. The van der Waals surface area contributed by atoms with Crippen molar-refractivity contribution >= 4 is 29.1 Å². The number of halogens is 1. The van der Waals surface area contributed by atoms with E-state index in [9.17, 15) is 4.79 Å². The van der Waals surface area contributed by atoms with E-state index in [2.05, 4.69) is 20.6 Å². The van der Waals surface area contributed by atoms with Crippen LogP contribution in [-0.4, -0.2) is 34.0 Å². The second kappa shape index (κ2) is 7.61. The number of carbonyl (C=O) groups excluding carboxylic acids is 1. The van der Waals surface area contributed by atoms with Gasteiger partial charge in [-0.25, -0.2) is 10.4 Å². The monoisotopic (exact) mass is 417 g/mol. The van der Waals surface area contributed by atoms with Gasteiger partial charge in [-0.1, -0.05) is 41.9 Å². The number of amides is 1. The second-order valence-electron chi connectivity index (χ2n) is 6.78. The average Bonchev–Trinajstić information content (AvgIpc) is 2.78. The molecular weight excluding hydrogens is 402 g/mol. The lowest BCUT2D eigenvalue weighted by Gasteiger charge is -2.30. The van der Waals surface area contributed by atoms with Crippen molar-refractivity contribution in [3.63, 3.8) is 0 Å². The fraction of sp³-hybridized carbons (Fsp3) is 0.0909. The normalized spacial score (nSPS) is 14.8. The topological polar surface area (TPSA) is 79.2 Å². The molecule has 2 aliphatic rings. The van der Waals surface area contributed by atoms with E-state index in [1.165, 1.54) is 0 Å². The van der Waals surface area contributed by atoms with Crippen molar-refractivity contribution in [2.24, 2.45) is 10.2 Å². The summed E-state index contributed by atoms with van der Waals surface area (Å²) < 4.78 is 5.82. The standard InChI is InChI=1S/C22H16ClN5O2/c23-18-11-14(8-9-19(18)30-13-15-5-3-4-10-24-15)21-16-6-1-2-7-17(16)22-26-25-20(29)12-28(22)27-21/h1-11H,12-13H2,(H,25,29). The molecule has 0 saturated heterocycles. The highest BCUT2D eigenvalue weighted by Gasteiger charge is 2.30. The summed E-state index contributed by atoms with van der Waals surface area (Å²) in [7, 11) is 0. The molecule has 0 unspecified atom stereocenters. The molecule has 3 aromatic rings. The number of pyridine rings is 1. The van der Waals surface area contributed by atoms with Crippen LogP contribution in [0.5, 0.6) is 5.75 Å². The van der Waals surface area contributed by atoms with Gasteiger partial charge in [0.25, 0.3) is 5.91 Å². The minimum absolute atomic E-state index is 0.107. The Morgan fingerprint density at radius 2 is 1.90 bits per heavy atom. The minimum atomic E-state index is -0.211. The number of aromatic nitrogens is 1. The molecular formula is C22H16ClN5O2. The fourth-order valence-corrected chi connectivity index (χ4v) is 3.61. The molecule has 0 spiro atoms. The van der Waals surface area contributed by atoms with Crippen molar-refractivity contribution in [3.05, 3.63) is 94.3 Å². The van der Waals surface area contributed by atoms with Crippen LogP contribution in [0.25, 0.3) is 0 Å². The molecule has 8 heteroatoms. The third-order valence-corrected chi connectivity index (χ3v) is 5.07. The van der Waals surface area contributed by atoms with Gasteiger partial charge < -0.3 is 4.74 Å². The van der Waals surface area contributed by atoms with Crippen LogP contribution in [0.4, 0.5) is 0 Å². The van der Waals surface area contributed by atoms with Crippen LogP contribution >= 0.6 is 11.6 Å². The molecule has 1 aromatic heterocycles. The van der Waals surface area contributed by atoms with E-state index in [-0.39, 0.29) is 12.5 Å². The molecule has 30 heavy (non-hydrogen) atoms. The van der Waals surface area contributed by atoms with Crippen molar-refractivity contribution in [3.8, 4) is 5.75 Å². The highest BCUT2D eigenvalue weighted by molar-refractivity contribution is 6.33. The molecule has 0 fully saturated rings. The van der Waals surface area contributed by atoms with Crippen molar-refractivity contribution in [2.75, 3.05) is 6.54 Å². The van der Waals surface area contributed by atoms with Gasteiger partial charge in [-0.3, -0.25) is 9.78 Å². The van der Waals surface area contributed by atoms with Gasteiger partial charge >= 0.3 is 0 Å². The maximum Gasteiger partial charge on any atom is 0.261 e. The molecule has 148 valence electrons. The van der Waals surface area contributed by atoms with Crippen LogP contribution in [0.15, 0.2) is 77.1 Å². The molecule has 7 nitrogen and oxygen atoms in total. The van der Waals surface area contributed by atoms with Crippen molar-refractivity contribution < 1.29 is 9.53 Å². The van der Waals surface area contributed by atoms with Crippen molar-refractivity contribution in [2.45, 2.75) is 6.61 Å². The predicted octanol–water partition coefficient (Wildman–Crippen LogP) is 3.17. The second-order valence-corrected chi connectivity index (χ2v) is 7.18. The largest absolute Gasteiger partial charge is 0.486 e. The SMILES string of the molecule is O=C1CN2N=C(c3ccc(OCc4ccccn4)c(Cl)c3)c3ccccc3C2=NN1. The highest BCUT2D eigenvalue weighted by Crippen LogP contribution is 2.30. The van der Waals surface area contributed by atoms with Crippen molar-refractivity contribution in [1.29, 1.82) is 0 Å². The van der Waals surface area contributed by atoms with Crippen LogP contribution in [0.1, 0.15) is 22.4 Å². The Balaban J connectivity index is 1.47. The van der Waals surface area contributed by atoms with Gasteiger partial charge in [-0.05, 0) is 30.3 Å². The summed E-state index contributed by atoms with van der Waals surface area (Å²) in [6.07, 6.45) is 1.72. The third-order valence-electron chi connectivity index (χ3n) is 4.78. The summed E-state index contributed by atoms with van der Waals surface area (Å²) in [4.78, 5) is 16.0. The van der Waals surface area contributed by atoms with E-state index in [1.807, 2.05) is 60.7 Å². The van der Waals surface area contributed by atoms with Gasteiger partial charge in [0.1, 0.15) is 18.9 Å². The molecule has 0 saturated carbocycles. The average molecular weight is 418 g/mol. The Hall–Kier alpha value is -3.71. The lowest BCUT2D eigenvalue weighted by molar-refractivity contribution is -0.122. The van der Waals surface area contributed by atoms with E-state index in [1.54, 1.807) is 11.2 Å². The van der Waals surface area contributed by atoms with E-state index >= 15 is 0 Å². The summed E-state index contributed by atoms with van der Waals surface area (Å²) in [5, 5.41) is 10.9. The summed E-state index contributed by atoms with van der Waals surface area (Å²) in [6.45, 7) is 0.433. The molecule has 1 N–H and O–H groups in total. The first-order valence-electron chi connectivity index (χ1n) is 9.34. The predicted molar refractivity (Wildman–Crippen MR) is 113 cm³/mol. The molecule has 0 radical (unpaired) electrons. The number of rotatable bonds is 4. The lowest BCUT2D eigenvalue weighted by atomic mass is 9.95. The lowest BCUT2D eigenvalue weighted by Crippen LogP contribution is -2.45. The minimum Gasteiger partial charge on any atom is -0.486 e. The Kier molecular flexibility index (Phi) is 4.65. The van der Waals surface area contributed by atoms with Gasteiger partial charge in [0.05, 0.1) is 16.4 Å². The molecule has 0 atom stereocenters. The Bertz CT molecular complexity index is 1190. The number of nitrogens with zero attached hydrogens (tertiary/aromatic N) is 4. The molecule has 3 heterocycles. The highest BCUT2D eigenvalue weighted by atomic mass is 35.5. The van der Waals surface area contributed by atoms with Crippen LogP contribution in [-0.2, 0) is 11.4 Å². The Morgan fingerprint density at radius 1 is 1.07 bits per heavy atom. The number of fused-ring (bicyclic) bond motifs is 3. The number of amidine groups is 1. The van der Waals surface area contributed by atoms with Gasteiger partial charge in [0.15, 0.2) is 5.84 Å². The fourth-order valence-electron chi connectivity index (χ4n) is 3.37. The number of carbonyl (C=O) groups is 1. The number of hydrogen-bond acceptors (Lipinski definition) is 6. The summed E-state index contributed by atoms with van der Waals surface area (Å²) in [6, 6.07) is 19.0. The maximum atomic E-state index is 11.8. The molecule has 0 bridgehead atoms. The van der Waals surface area contributed by atoms with Crippen LogP contribution in [0.2, 0.25) is 5.02 Å². The Labute approximate surface area is 177 Å². The number of hydrazone groups is 2. The van der Waals surface area contributed by atoms with Gasteiger partial charge in [0.2, 0.25) is 0 Å². The number of ether oxygens (including phenoxy) is 1. The van der Waals surface area contributed by atoms with Gasteiger partial charge in [-0.15, -0.1) is 0 Å². The van der Waals surface area contributed by atoms with Crippen LogP contribution in [0, 0.1) is 0 Å². The summed E-state index contributed by atoms with van der Waals surface area (Å²) in [5.41, 5.74) is 6.69. The van der Waals surface area contributed by atoms with Gasteiger partial charge in [-0.2, -0.15) is 10.2 Å². The zero-order valence-corrected chi connectivity index (χ0v) is 16.5. The first kappa shape index (κ1) is 18.3. The first-order valence-corrected chi connectivity index (χ1v) is 9.72. The molecule has 0 aliphatic carbocycles. The van der Waals surface area contributed by atoms with E-state index < -0.39 is 0 Å². The zero-order valence-electron chi connectivity index (χ0n) is 15.7. The number of nitrogens with one attached hydrogen (secondary N) is 1. The molecule has 1 amide bonds. The van der Waals surface area contributed by atoms with E-state index in [4.69, 9.17) is 16.3 Å². The molecule has 5 rings (SSSR count). The summed E-state index contributed by atoms with van der Waals surface area (Å²) >= 11 is 6.50. The van der Waals surface area contributed by atoms with Crippen LogP contribution < -0.4 is 10.2 Å². The number of hydrogen-bond donors (Lipinski definition) is 1. The smallest absolute Gasteiger partial charge is 0.261 e.